The third kappa shape index (κ3) is 3.21. The summed E-state index contributed by atoms with van der Waals surface area (Å²) in [5.41, 5.74) is 0. The highest BCUT2D eigenvalue weighted by molar-refractivity contribution is 5.77. The minimum Gasteiger partial charge on any atom is -0.340 e. The van der Waals surface area contributed by atoms with Gasteiger partial charge < -0.3 is 10.2 Å². The average Bonchev–Trinajstić information content (AvgIpc) is 2.32. The highest BCUT2D eigenvalue weighted by Gasteiger charge is 2.28. The molecule has 3 nitrogen and oxygen atoms in total. The Morgan fingerprint density at radius 1 is 1.24 bits per heavy atom. The summed E-state index contributed by atoms with van der Waals surface area (Å²) in [6.07, 6.45) is 6.87. The van der Waals surface area contributed by atoms with Crippen LogP contribution in [0, 0.1) is 5.92 Å². The lowest BCUT2D eigenvalue weighted by Gasteiger charge is -2.36. The Hall–Kier alpha value is -0.570. The summed E-state index contributed by atoms with van der Waals surface area (Å²) in [6.45, 7) is 6.51. The Morgan fingerprint density at radius 2 is 2.06 bits per heavy atom. The predicted octanol–water partition coefficient (Wildman–Crippen LogP) is 2.17. The summed E-state index contributed by atoms with van der Waals surface area (Å²) in [7, 11) is 0. The molecule has 0 aromatic carbocycles. The summed E-state index contributed by atoms with van der Waals surface area (Å²) in [5.74, 6) is 1.01. The molecule has 0 aromatic rings. The lowest BCUT2D eigenvalue weighted by molar-refractivity contribution is -0.135. The minimum atomic E-state index is 0.364. The highest BCUT2D eigenvalue weighted by atomic mass is 16.2. The maximum atomic E-state index is 12.3. The van der Waals surface area contributed by atoms with Crippen LogP contribution in [0.25, 0.3) is 0 Å². The quantitative estimate of drug-likeness (QED) is 0.799. The molecule has 17 heavy (non-hydrogen) atoms. The molecular formula is C14H26N2O. The van der Waals surface area contributed by atoms with Crippen LogP contribution < -0.4 is 5.32 Å². The van der Waals surface area contributed by atoms with E-state index in [-0.39, 0.29) is 0 Å². The highest BCUT2D eigenvalue weighted by Crippen LogP contribution is 2.22. The summed E-state index contributed by atoms with van der Waals surface area (Å²) in [4.78, 5) is 14.4. The van der Waals surface area contributed by atoms with Crippen molar-refractivity contribution in [1.29, 1.82) is 0 Å². The van der Waals surface area contributed by atoms with Gasteiger partial charge in [0.15, 0.2) is 0 Å². The van der Waals surface area contributed by atoms with E-state index in [1.54, 1.807) is 0 Å². The fraction of sp³-hybridized carbons (Fsp3) is 0.929. The maximum absolute atomic E-state index is 12.3. The molecule has 3 atom stereocenters. The molecule has 0 aromatic heterocycles. The molecule has 3 heteroatoms. The Balaban J connectivity index is 1.86. The van der Waals surface area contributed by atoms with Gasteiger partial charge in [0.25, 0.3) is 0 Å². The van der Waals surface area contributed by atoms with Crippen molar-refractivity contribution in [3.63, 3.8) is 0 Å². The van der Waals surface area contributed by atoms with Crippen molar-refractivity contribution in [2.75, 3.05) is 13.1 Å². The molecule has 0 bridgehead atoms. The van der Waals surface area contributed by atoms with Gasteiger partial charge in [0.05, 0.1) is 0 Å². The molecule has 0 radical (unpaired) electrons. The molecule has 2 aliphatic heterocycles. The summed E-state index contributed by atoms with van der Waals surface area (Å²) in [5, 5.41) is 3.51. The second-order valence-electron chi connectivity index (χ2n) is 5.82. The molecule has 2 saturated heterocycles. The summed E-state index contributed by atoms with van der Waals surface area (Å²) < 4.78 is 0. The molecule has 2 fully saturated rings. The van der Waals surface area contributed by atoms with Crippen LogP contribution in [0.1, 0.15) is 52.4 Å². The first-order chi connectivity index (χ1) is 8.18. The van der Waals surface area contributed by atoms with Crippen molar-refractivity contribution >= 4 is 5.91 Å². The summed E-state index contributed by atoms with van der Waals surface area (Å²) in [6, 6.07) is 0.862. The van der Waals surface area contributed by atoms with Crippen molar-refractivity contribution in [3.8, 4) is 0 Å². The predicted molar refractivity (Wildman–Crippen MR) is 69.8 cm³/mol. The SMILES string of the molecule is CC1CCCNC1CC(=O)N1CCCCC1C. The monoisotopic (exact) mass is 238 g/mol. The Labute approximate surface area is 105 Å². The zero-order chi connectivity index (χ0) is 12.3. The molecule has 98 valence electrons. The molecule has 0 spiro atoms. The number of hydrogen-bond acceptors (Lipinski definition) is 2. The van der Waals surface area contributed by atoms with Crippen molar-refractivity contribution < 1.29 is 4.79 Å². The average molecular weight is 238 g/mol. The van der Waals surface area contributed by atoms with E-state index in [2.05, 4.69) is 24.1 Å². The van der Waals surface area contributed by atoms with Gasteiger partial charge in [0.2, 0.25) is 5.91 Å². The lowest BCUT2D eigenvalue weighted by Crippen LogP contribution is -2.47. The molecule has 2 aliphatic rings. The van der Waals surface area contributed by atoms with Crippen molar-refractivity contribution in [3.05, 3.63) is 0 Å². The van der Waals surface area contributed by atoms with Gasteiger partial charge in [-0.15, -0.1) is 0 Å². The second-order valence-corrected chi connectivity index (χ2v) is 5.82. The Bertz CT molecular complexity index is 267. The van der Waals surface area contributed by atoms with E-state index in [0.29, 0.717) is 30.3 Å². The smallest absolute Gasteiger partial charge is 0.224 e. The van der Waals surface area contributed by atoms with E-state index < -0.39 is 0 Å². The molecule has 2 rings (SSSR count). The number of carbonyl (C=O) groups is 1. The molecule has 2 heterocycles. The number of hydrogen-bond donors (Lipinski definition) is 1. The molecule has 0 aliphatic carbocycles. The van der Waals surface area contributed by atoms with Gasteiger partial charge in [-0.3, -0.25) is 4.79 Å². The zero-order valence-electron chi connectivity index (χ0n) is 11.2. The fourth-order valence-corrected chi connectivity index (χ4v) is 3.16. The van der Waals surface area contributed by atoms with Gasteiger partial charge >= 0.3 is 0 Å². The van der Waals surface area contributed by atoms with Crippen LogP contribution in [0.15, 0.2) is 0 Å². The Morgan fingerprint density at radius 3 is 2.76 bits per heavy atom. The van der Waals surface area contributed by atoms with Crippen LogP contribution in [0.4, 0.5) is 0 Å². The number of likely N-dealkylation sites (tertiary alicyclic amines) is 1. The van der Waals surface area contributed by atoms with Crippen LogP contribution in [0.5, 0.6) is 0 Å². The van der Waals surface area contributed by atoms with Gasteiger partial charge in [-0.1, -0.05) is 6.92 Å². The van der Waals surface area contributed by atoms with E-state index in [1.165, 1.54) is 32.1 Å². The normalized spacial score (nSPS) is 34.7. The third-order valence-electron chi connectivity index (χ3n) is 4.45. The number of rotatable bonds is 2. The first-order valence-corrected chi connectivity index (χ1v) is 7.21. The first-order valence-electron chi connectivity index (χ1n) is 7.21. The lowest BCUT2D eigenvalue weighted by atomic mass is 9.90. The van der Waals surface area contributed by atoms with Gasteiger partial charge in [-0.25, -0.2) is 0 Å². The van der Waals surface area contributed by atoms with Crippen LogP contribution in [-0.4, -0.2) is 36.0 Å². The number of nitrogens with zero attached hydrogens (tertiary/aromatic N) is 1. The second kappa shape index (κ2) is 5.85. The maximum Gasteiger partial charge on any atom is 0.224 e. The van der Waals surface area contributed by atoms with Crippen LogP contribution in [-0.2, 0) is 4.79 Å². The third-order valence-corrected chi connectivity index (χ3v) is 4.45. The van der Waals surface area contributed by atoms with Gasteiger partial charge in [-0.2, -0.15) is 0 Å². The fourth-order valence-electron chi connectivity index (χ4n) is 3.16. The number of carbonyl (C=O) groups excluding carboxylic acids is 1. The Kier molecular flexibility index (Phi) is 4.43. The van der Waals surface area contributed by atoms with E-state index in [9.17, 15) is 4.79 Å². The van der Waals surface area contributed by atoms with Crippen LogP contribution in [0.2, 0.25) is 0 Å². The van der Waals surface area contributed by atoms with Crippen molar-refractivity contribution in [2.24, 2.45) is 5.92 Å². The van der Waals surface area contributed by atoms with Gasteiger partial charge in [0.1, 0.15) is 0 Å². The van der Waals surface area contributed by atoms with Gasteiger partial charge in [-0.05, 0) is 51.5 Å². The standard InChI is InChI=1S/C14H26N2O/c1-11-6-5-8-15-13(11)10-14(17)16-9-4-3-7-12(16)2/h11-13,15H,3-10H2,1-2H3. The molecular weight excluding hydrogens is 212 g/mol. The zero-order valence-corrected chi connectivity index (χ0v) is 11.2. The van der Waals surface area contributed by atoms with Crippen molar-refractivity contribution in [2.45, 2.75) is 64.5 Å². The minimum absolute atomic E-state index is 0.364. The van der Waals surface area contributed by atoms with E-state index in [1.807, 2.05) is 0 Å². The number of nitrogens with one attached hydrogen (secondary N) is 1. The first kappa shape index (κ1) is 12.9. The number of amides is 1. The summed E-state index contributed by atoms with van der Waals surface area (Å²) >= 11 is 0. The van der Waals surface area contributed by atoms with Crippen LogP contribution in [0.3, 0.4) is 0 Å². The molecule has 1 amide bonds. The van der Waals surface area contributed by atoms with E-state index in [0.717, 1.165) is 13.1 Å². The molecule has 3 unspecified atom stereocenters. The number of piperidine rings is 2. The van der Waals surface area contributed by atoms with E-state index >= 15 is 0 Å². The van der Waals surface area contributed by atoms with Crippen LogP contribution >= 0.6 is 0 Å². The molecule has 1 N–H and O–H groups in total. The van der Waals surface area contributed by atoms with E-state index in [4.69, 9.17) is 0 Å². The molecule has 0 saturated carbocycles. The largest absolute Gasteiger partial charge is 0.340 e. The van der Waals surface area contributed by atoms with Crippen molar-refractivity contribution in [1.82, 2.24) is 10.2 Å². The topological polar surface area (TPSA) is 32.3 Å². The van der Waals surface area contributed by atoms with Gasteiger partial charge in [0, 0.05) is 25.0 Å².